The molecule has 0 unspecified atom stereocenters. The monoisotopic (exact) mass is 418 g/mol. The number of fused-ring (bicyclic) bond motifs is 1. The molecule has 2 heterocycles. The smallest absolute Gasteiger partial charge is 0.251 e. The van der Waals surface area contributed by atoms with Gasteiger partial charge in [0.2, 0.25) is 5.28 Å². The number of hydrogen-bond acceptors (Lipinski definition) is 5. The van der Waals surface area contributed by atoms with Crippen molar-refractivity contribution in [1.82, 2.24) is 25.1 Å². The number of nitrogens with one attached hydrogen (secondary N) is 2. The summed E-state index contributed by atoms with van der Waals surface area (Å²) in [7, 11) is 0. The van der Waals surface area contributed by atoms with Gasteiger partial charge in [0.1, 0.15) is 5.82 Å². The number of anilines is 2. The normalized spacial score (nSPS) is 13.4. The van der Waals surface area contributed by atoms with Gasteiger partial charge in [-0.2, -0.15) is 15.1 Å². The van der Waals surface area contributed by atoms with E-state index in [0.29, 0.717) is 23.1 Å². The topological polar surface area (TPSA) is 84.7 Å². The highest BCUT2D eigenvalue weighted by Crippen LogP contribution is 2.29. The maximum Gasteiger partial charge on any atom is 0.251 e. The number of amides is 1. The molecule has 30 heavy (non-hydrogen) atoms. The van der Waals surface area contributed by atoms with E-state index in [-0.39, 0.29) is 11.2 Å². The number of carbonyl (C=O) groups is 1. The van der Waals surface area contributed by atoms with Crippen molar-refractivity contribution in [2.24, 2.45) is 0 Å². The molecule has 1 aliphatic carbocycles. The molecule has 5 rings (SSSR count). The molecule has 1 saturated carbocycles. The van der Waals surface area contributed by atoms with Crippen LogP contribution in [0, 0.1) is 6.92 Å². The fraction of sp³-hybridized carbons (Fsp3) is 0.182. The second-order valence-corrected chi connectivity index (χ2v) is 7.71. The zero-order valence-electron chi connectivity index (χ0n) is 16.3. The SMILES string of the molecule is Cc1ccc(C(=O)NC2CC2)cc1Nc1nc(Cl)nc2c1cnn2-c1ccccc1. The Morgan fingerprint density at radius 3 is 2.70 bits per heavy atom. The minimum absolute atomic E-state index is 0.0664. The fourth-order valence-electron chi connectivity index (χ4n) is 3.26. The predicted octanol–water partition coefficient (Wildman–Crippen LogP) is 4.41. The van der Waals surface area contributed by atoms with Gasteiger partial charge in [0.15, 0.2) is 5.65 Å². The Balaban J connectivity index is 1.53. The second kappa shape index (κ2) is 7.42. The van der Waals surface area contributed by atoms with Crippen LogP contribution in [0.5, 0.6) is 0 Å². The summed E-state index contributed by atoms with van der Waals surface area (Å²) in [6.45, 7) is 1.97. The molecule has 1 amide bonds. The van der Waals surface area contributed by atoms with Crippen molar-refractivity contribution in [3.05, 3.63) is 71.1 Å². The number of carbonyl (C=O) groups excluding carboxylic acids is 1. The number of rotatable bonds is 5. The molecule has 2 N–H and O–H groups in total. The molecule has 4 aromatic rings. The molecule has 7 nitrogen and oxygen atoms in total. The minimum Gasteiger partial charge on any atom is -0.349 e. The average Bonchev–Trinajstić information content (AvgIpc) is 3.46. The Kier molecular flexibility index (Phi) is 4.59. The molecule has 0 atom stereocenters. The van der Waals surface area contributed by atoms with Gasteiger partial charge in [0, 0.05) is 17.3 Å². The Morgan fingerprint density at radius 1 is 1.13 bits per heavy atom. The highest BCUT2D eigenvalue weighted by atomic mass is 35.5. The Labute approximate surface area is 178 Å². The summed E-state index contributed by atoms with van der Waals surface area (Å²) in [6, 6.07) is 15.6. The van der Waals surface area contributed by atoms with Crippen molar-refractivity contribution < 1.29 is 4.79 Å². The summed E-state index contributed by atoms with van der Waals surface area (Å²) in [5, 5.41) is 11.6. The van der Waals surface area contributed by atoms with Crippen LogP contribution in [0.25, 0.3) is 16.7 Å². The van der Waals surface area contributed by atoms with Crippen molar-refractivity contribution >= 4 is 40.0 Å². The van der Waals surface area contributed by atoms with Gasteiger partial charge in [0.05, 0.1) is 17.3 Å². The highest BCUT2D eigenvalue weighted by Gasteiger charge is 2.24. The first-order valence-corrected chi connectivity index (χ1v) is 10.1. The van der Waals surface area contributed by atoms with E-state index in [2.05, 4.69) is 25.7 Å². The number of aromatic nitrogens is 4. The van der Waals surface area contributed by atoms with E-state index in [1.54, 1.807) is 10.9 Å². The highest BCUT2D eigenvalue weighted by molar-refractivity contribution is 6.28. The van der Waals surface area contributed by atoms with Crippen molar-refractivity contribution in [2.45, 2.75) is 25.8 Å². The van der Waals surface area contributed by atoms with Gasteiger partial charge in [-0.1, -0.05) is 24.3 Å². The van der Waals surface area contributed by atoms with E-state index in [9.17, 15) is 4.79 Å². The third-order valence-corrected chi connectivity index (χ3v) is 5.24. The molecule has 0 bridgehead atoms. The van der Waals surface area contributed by atoms with E-state index in [0.717, 1.165) is 35.2 Å². The zero-order chi connectivity index (χ0) is 20.7. The summed E-state index contributed by atoms with van der Waals surface area (Å²) >= 11 is 6.22. The molecular formula is C22H19ClN6O. The molecule has 1 fully saturated rings. The van der Waals surface area contributed by atoms with E-state index >= 15 is 0 Å². The van der Waals surface area contributed by atoms with Gasteiger partial charge in [-0.15, -0.1) is 0 Å². The van der Waals surface area contributed by atoms with Crippen LogP contribution >= 0.6 is 11.6 Å². The molecule has 0 radical (unpaired) electrons. The van der Waals surface area contributed by atoms with Crippen molar-refractivity contribution in [3.63, 3.8) is 0 Å². The summed E-state index contributed by atoms with van der Waals surface area (Å²) in [5.41, 5.74) is 3.84. The van der Waals surface area contributed by atoms with Crippen LogP contribution in [0.15, 0.2) is 54.7 Å². The Morgan fingerprint density at radius 2 is 1.93 bits per heavy atom. The van der Waals surface area contributed by atoms with Gasteiger partial charge >= 0.3 is 0 Å². The lowest BCUT2D eigenvalue weighted by atomic mass is 10.1. The van der Waals surface area contributed by atoms with Crippen LogP contribution < -0.4 is 10.6 Å². The van der Waals surface area contributed by atoms with Gasteiger partial charge in [-0.25, -0.2) is 4.68 Å². The van der Waals surface area contributed by atoms with Gasteiger partial charge in [-0.05, 0) is 61.2 Å². The third-order valence-electron chi connectivity index (χ3n) is 5.07. The van der Waals surface area contributed by atoms with Crippen LogP contribution in [0.2, 0.25) is 5.28 Å². The van der Waals surface area contributed by atoms with E-state index in [1.165, 1.54) is 0 Å². The van der Waals surface area contributed by atoms with Gasteiger partial charge in [-0.3, -0.25) is 4.79 Å². The number of nitrogens with zero attached hydrogens (tertiary/aromatic N) is 4. The quantitative estimate of drug-likeness (QED) is 0.469. The maximum absolute atomic E-state index is 12.4. The standard InChI is InChI=1S/C22H19ClN6O/c1-13-7-8-14(21(30)25-15-9-10-15)11-18(13)26-19-17-12-24-29(16-5-3-2-4-6-16)20(17)28-22(23)27-19/h2-8,11-12,15H,9-10H2,1H3,(H,25,30)(H,26,27,28). The predicted molar refractivity (Wildman–Crippen MR) is 117 cm³/mol. The first kappa shape index (κ1) is 18.6. The maximum atomic E-state index is 12.4. The zero-order valence-corrected chi connectivity index (χ0v) is 17.0. The average molecular weight is 419 g/mol. The molecule has 0 spiro atoms. The molecule has 0 saturated heterocycles. The van der Waals surface area contributed by atoms with Crippen LogP contribution in [0.3, 0.4) is 0 Å². The fourth-order valence-corrected chi connectivity index (χ4v) is 3.42. The van der Waals surface area contributed by atoms with Crippen molar-refractivity contribution in [2.75, 3.05) is 5.32 Å². The lowest BCUT2D eigenvalue weighted by Gasteiger charge is -2.12. The molecule has 2 aromatic carbocycles. The summed E-state index contributed by atoms with van der Waals surface area (Å²) in [6.07, 6.45) is 3.80. The van der Waals surface area contributed by atoms with Crippen molar-refractivity contribution in [3.8, 4) is 5.69 Å². The molecule has 8 heteroatoms. The number of para-hydroxylation sites is 1. The van der Waals surface area contributed by atoms with Crippen LogP contribution in [0.1, 0.15) is 28.8 Å². The number of aryl methyl sites for hydroxylation is 1. The largest absolute Gasteiger partial charge is 0.349 e. The van der Waals surface area contributed by atoms with Crippen molar-refractivity contribution in [1.29, 1.82) is 0 Å². The summed E-state index contributed by atoms with van der Waals surface area (Å²) in [5.74, 6) is 0.471. The lowest BCUT2D eigenvalue weighted by Crippen LogP contribution is -2.25. The number of hydrogen-bond donors (Lipinski definition) is 2. The molecule has 150 valence electrons. The Hall–Kier alpha value is -3.45. The van der Waals surface area contributed by atoms with E-state index in [1.807, 2.05) is 55.5 Å². The summed E-state index contributed by atoms with van der Waals surface area (Å²) < 4.78 is 1.72. The van der Waals surface area contributed by atoms with Crippen LogP contribution in [0.4, 0.5) is 11.5 Å². The van der Waals surface area contributed by atoms with E-state index in [4.69, 9.17) is 11.6 Å². The minimum atomic E-state index is -0.0664. The second-order valence-electron chi connectivity index (χ2n) is 7.37. The van der Waals surface area contributed by atoms with Gasteiger partial charge < -0.3 is 10.6 Å². The first-order chi connectivity index (χ1) is 14.6. The number of benzene rings is 2. The lowest BCUT2D eigenvalue weighted by molar-refractivity contribution is 0.0951. The van der Waals surface area contributed by atoms with E-state index < -0.39 is 0 Å². The molecule has 2 aromatic heterocycles. The molecule has 1 aliphatic rings. The third kappa shape index (κ3) is 3.59. The number of halogens is 1. The first-order valence-electron chi connectivity index (χ1n) is 9.74. The molecular weight excluding hydrogens is 400 g/mol. The molecule has 0 aliphatic heterocycles. The van der Waals surface area contributed by atoms with Crippen LogP contribution in [-0.2, 0) is 0 Å². The van der Waals surface area contributed by atoms with Crippen LogP contribution in [-0.4, -0.2) is 31.7 Å². The van der Waals surface area contributed by atoms with Gasteiger partial charge in [0.25, 0.3) is 5.91 Å². The Bertz CT molecular complexity index is 1250. The summed E-state index contributed by atoms with van der Waals surface area (Å²) in [4.78, 5) is 21.2.